The molecule has 0 unspecified atom stereocenters. The molecule has 10 rings (SSSR count). The molecule has 0 spiro atoms. The molecule has 2 bridgehead atoms. The number of likely N-dealkylation sites (tertiary alicyclic amines) is 1. The lowest BCUT2D eigenvalue weighted by molar-refractivity contribution is -0.133. The second kappa shape index (κ2) is 12.3. The van der Waals surface area contributed by atoms with Crippen LogP contribution in [0.1, 0.15) is 56.1 Å². The third-order valence-electron chi connectivity index (χ3n) is 12.7. The number of fused-ring (bicyclic) bond motifs is 5. The summed E-state index contributed by atoms with van der Waals surface area (Å²) in [5.74, 6) is -0.863. The lowest BCUT2D eigenvalue weighted by atomic mass is 9.95. The van der Waals surface area contributed by atoms with Crippen LogP contribution >= 0.6 is 22.9 Å². The number of nitrogens with one attached hydrogen (secondary N) is 1. The largest absolute Gasteiger partial charge is 0.488 e. The van der Waals surface area contributed by atoms with E-state index in [1.54, 1.807) is 0 Å². The highest BCUT2D eigenvalue weighted by molar-refractivity contribution is 7.23. The molecule has 2 aromatic carbocycles. The molecule has 1 amide bonds. The molecule has 10 nitrogen and oxygen atoms in total. The van der Waals surface area contributed by atoms with Crippen molar-refractivity contribution in [2.45, 2.75) is 80.9 Å². The quantitative estimate of drug-likeness (QED) is 0.193. The van der Waals surface area contributed by atoms with Gasteiger partial charge in [-0.2, -0.15) is 10.5 Å². The van der Waals surface area contributed by atoms with Gasteiger partial charge in [0.2, 0.25) is 11.8 Å². The number of carbonyl (C=O) groups excluding carboxylic acids is 1. The van der Waals surface area contributed by atoms with Crippen LogP contribution in [0.25, 0.3) is 32.1 Å². The normalized spacial score (nSPS) is 29.9. The topological polar surface area (TPSA) is 150 Å². The molecule has 6 heterocycles. The number of nitrogens with two attached hydrogens (primary N) is 1. The zero-order valence-electron chi connectivity index (χ0n) is 29.0. The van der Waals surface area contributed by atoms with Gasteiger partial charge in [0.1, 0.15) is 53.4 Å². The van der Waals surface area contributed by atoms with Crippen molar-refractivity contribution >= 4 is 54.8 Å². The summed E-state index contributed by atoms with van der Waals surface area (Å²) in [5.41, 5.74) is 5.33. The number of ether oxygens (including phenoxy) is 2. The van der Waals surface area contributed by atoms with Crippen molar-refractivity contribution in [3.8, 4) is 34.9 Å². The summed E-state index contributed by atoms with van der Waals surface area (Å²) < 4.78 is 60.0. The van der Waals surface area contributed by atoms with Gasteiger partial charge in [-0.25, -0.2) is 18.2 Å². The van der Waals surface area contributed by atoms with Crippen LogP contribution in [0.15, 0.2) is 18.2 Å². The molecule has 4 aromatic rings. The minimum absolute atomic E-state index is 0.00772. The van der Waals surface area contributed by atoms with Gasteiger partial charge in [0, 0.05) is 60.3 Å². The highest BCUT2D eigenvalue weighted by Gasteiger charge is 2.56. The van der Waals surface area contributed by atoms with E-state index >= 15 is 4.39 Å². The summed E-state index contributed by atoms with van der Waals surface area (Å²) in [7, 11) is 0. The maximum absolute atomic E-state index is 17.2. The third-order valence-corrected chi connectivity index (χ3v) is 14.0. The van der Waals surface area contributed by atoms with Gasteiger partial charge < -0.3 is 20.1 Å². The van der Waals surface area contributed by atoms with E-state index in [2.05, 4.69) is 21.3 Å². The van der Waals surface area contributed by atoms with Crippen LogP contribution in [0, 0.1) is 46.1 Å². The van der Waals surface area contributed by atoms with Crippen LogP contribution in [0.5, 0.6) is 11.6 Å². The Hall–Kier alpha value is -4.34. The number of amides is 1. The van der Waals surface area contributed by atoms with E-state index < -0.39 is 23.3 Å². The van der Waals surface area contributed by atoms with E-state index in [1.165, 1.54) is 18.2 Å². The standard InChI is InChI=1S/C39H35ClF3N7O3S/c40-25-10-22-32(30(43)29(25)21-4-5-26(42)35-28(21)23(12-44)36(46)54-35)48-37(52-16-39-6-1-7-49(39)15-19(41)11-39)24(13-45)34(22)53-27-9-20-8-18(27)14-50(20)38(51)33-31(47-33)17-2-3-17/h4-5,10,17-20,27,31,33,47H,1-3,6-9,11,14-16,46H2/t18-,19+,20-,27-,31-,33+,39-/m0/s1. The highest BCUT2D eigenvalue weighted by Crippen LogP contribution is 2.50. The van der Waals surface area contributed by atoms with Gasteiger partial charge in [-0.15, -0.1) is 11.3 Å². The number of halogens is 4. The lowest BCUT2D eigenvalue weighted by Gasteiger charge is -2.33. The molecule has 6 fully saturated rings. The summed E-state index contributed by atoms with van der Waals surface area (Å²) in [6.45, 7) is 1.60. The number of alkyl halides is 1. The smallest absolute Gasteiger partial charge is 0.241 e. The number of aromatic nitrogens is 1. The number of rotatable bonds is 8. The Labute approximate surface area is 317 Å². The first-order valence-corrected chi connectivity index (χ1v) is 19.7. The van der Waals surface area contributed by atoms with Crippen LogP contribution in [-0.4, -0.2) is 82.9 Å². The van der Waals surface area contributed by atoms with Crippen molar-refractivity contribution in [2.75, 3.05) is 32.0 Å². The second-order valence-corrected chi connectivity index (χ2v) is 17.3. The number of nitrogen functional groups attached to an aromatic ring is 1. The van der Waals surface area contributed by atoms with Crippen molar-refractivity contribution < 1.29 is 27.4 Å². The fourth-order valence-electron chi connectivity index (χ4n) is 9.90. The van der Waals surface area contributed by atoms with Gasteiger partial charge in [0.15, 0.2) is 17.1 Å². The summed E-state index contributed by atoms with van der Waals surface area (Å²) >= 11 is 7.78. The highest BCUT2D eigenvalue weighted by atomic mass is 35.5. The number of pyridine rings is 1. The van der Waals surface area contributed by atoms with E-state index in [9.17, 15) is 24.1 Å². The zero-order chi connectivity index (χ0) is 37.2. The number of carbonyl (C=O) groups is 1. The molecular formula is C39H35ClF3N7O3S. The second-order valence-electron chi connectivity index (χ2n) is 15.8. The van der Waals surface area contributed by atoms with Crippen molar-refractivity contribution in [2.24, 2.45) is 11.8 Å². The fourth-order valence-corrected chi connectivity index (χ4v) is 11.1. The molecular weight excluding hydrogens is 739 g/mol. The van der Waals surface area contributed by atoms with Crippen LogP contribution in [-0.2, 0) is 4.79 Å². The average molecular weight is 774 g/mol. The number of thiophene rings is 1. The summed E-state index contributed by atoms with van der Waals surface area (Å²) in [6, 6.07) is 8.34. The average Bonchev–Trinajstić information content (AvgIpc) is 3.94. The van der Waals surface area contributed by atoms with Gasteiger partial charge in [-0.3, -0.25) is 15.0 Å². The lowest BCUT2D eigenvalue weighted by Crippen LogP contribution is -2.45. The number of hydrogen-bond donors (Lipinski definition) is 2. The first kappa shape index (κ1) is 34.2. The Bertz CT molecular complexity index is 2380. The maximum atomic E-state index is 17.2. The van der Waals surface area contributed by atoms with E-state index in [-0.39, 0.29) is 114 Å². The predicted octanol–water partition coefficient (Wildman–Crippen LogP) is 6.45. The fraction of sp³-hybridized carbons (Fsp3) is 0.487. The van der Waals surface area contributed by atoms with E-state index in [0.29, 0.717) is 31.8 Å². The van der Waals surface area contributed by atoms with E-state index in [1.807, 2.05) is 11.0 Å². The van der Waals surface area contributed by atoms with Crippen LogP contribution in [0.4, 0.5) is 18.2 Å². The molecule has 2 aromatic heterocycles. The number of nitriles is 2. The van der Waals surface area contributed by atoms with Gasteiger partial charge in [-0.1, -0.05) is 17.7 Å². The van der Waals surface area contributed by atoms with Gasteiger partial charge in [0.25, 0.3) is 0 Å². The molecule has 7 atom stereocenters. The summed E-state index contributed by atoms with van der Waals surface area (Å²) in [4.78, 5) is 22.0. The molecule has 54 heavy (non-hydrogen) atoms. The molecule has 15 heteroatoms. The Morgan fingerprint density at radius 1 is 1.17 bits per heavy atom. The molecule has 0 radical (unpaired) electrons. The Kier molecular flexibility index (Phi) is 7.81. The molecule has 4 aliphatic heterocycles. The van der Waals surface area contributed by atoms with Crippen molar-refractivity contribution in [3.63, 3.8) is 0 Å². The third kappa shape index (κ3) is 5.17. The first-order chi connectivity index (χ1) is 26.1. The minimum atomic E-state index is -1.01. The van der Waals surface area contributed by atoms with Gasteiger partial charge in [0.05, 0.1) is 20.8 Å². The van der Waals surface area contributed by atoms with Crippen molar-refractivity contribution in [1.82, 2.24) is 20.1 Å². The molecule has 278 valence electrons. The van der Waals surface area contributed by atoms with Crippen LogP contribution < -0.4 is 20.5 Å². The zero-order valence-corrected chi connectivity index (χ0v) is 30.6. The summed E-state index contributed by atoms with van der Waals surface area (Å²) in [5, 5.41) is 24.2. The molecule has 2 saturated carbocycles. The van der Waals surface area contributed by atoms with E-state index in [0.717, 1.165) is 43.6 Å². The maximum Gasteiger partial charge on any atom is 0.241 e. The van der Waals surface area contributed by atoms with Crippen LogP contribution in [0.3, 0.4) is 0 Å². The summed E-state index contributed by atoms with van der Waals surface area (Å²) in [6.07, 6.45) is 4.09. The van der Waals surface area contributed by atoms with Crippen molar-refractivity contribution in [3.05, 3.63) is 46.0 Å². The molecule has 3 N–H and O–H groups in total. The number of nitrogens with zero attached hydrogens (tertiary/aromatic N) is 5. The van der Waals surface area contributed by atoms with Gasteiger partial charge >= 0.3 is 0 Å². The first-order valence-electron chi connectivity index (χ1n) is 18.5. The SMILES string of the molecule is N#Cc1c(OC[C@@]23CCCN2C[C@H](F)C3)nc2c(F)c(-c3ccc(F)c4sc(N)c(C#N)c34)c(Cl)cc2c1O[C@H]1C[C@@H]2C[C@H]1CN2C(=O)[C@@H]1N[C@H]1C1CC1. The monoisotopic (exact) mass is 773 g/mol. The van der Waals surface area contributed by atoms with Crippen LogP contribution in [0.2, 0.25) is 5.02 Å². The number of piperidine rings is 1. The van der Waals surface area contributed by atoms with E-state index in [4.69, 9.17) is 26.8 Å². The molecule has 6 aliphatic rings. The molecule has 4 saturated heterocycles. The van der Waals surface area contributed by atoms with Gasteiger partial charge in [-0.05, 0) is 62.3 Å². The van der Waals surface area contributed by atoms with Crippen molar-refractivity contribution in [1.29, 1.82) is 10.5 Å². The Morgan fingerprint density at radius 3 is 2.72 bits per heavy atom. The Morgan fingerprint density at radius 2 is 1.98 bits per heavy atom. The molecule has 2 aliphatic carbocycles. The predicted molar refractivity (Wildman–Crippen MR) is 196 cm³/mol. The number of anilines is 1. The minimum Gasteiger partial charge on any atom is -0.488 e. The Balaban J connectivity index is 1.06. The number of benzene rings is 2. The number of hydrogen-bond acceptors (Lipinski definition) is 10.